The van der Waals surface area contributed by atoms with E-state index in [-0.39, 0.29) is 30.5 Å². The van der Waals surface area contributed by atoms with Crippen LogP contribution < -0.4 is 10.6 Å². The summed E-state index contributed by atoms with van der Waals surface area (Å²) in [7, 11) is 0. The third-order valence-corrected chi connectivity index (χ3v) is 2.87. The quantitative estimate of drug-likeness (QED) is 0.596. The molecule has 0 aromatic rings. The van der Waals surface area contributed by atoms with Gasteiger partial charge in [-0.2, -0.15) is 0 Å². The van der Waals surface area contributed by atoms with E-state index in [4.69, 9.17) is 9.84 Å². The summed E-state index contributed by atoms with van der Waals surface area (Å²) in [5, 5.41) is 14.2. The summed E-state index contributed by atoms with van der Waals surface area (Å²) in [6.07, 6.45) is 0.513. The van der Waals surface area contributed by atoms with Crippen LogP contribution in [0.5, 0.6) is 0 Å². The van der Waals surface area contributed by atoms with Crippen molar-refractivity contribution < 1.29 is 19.4 Å². The minimum absolute atomic E-state index is 0.0677. The third-order valence-electron chi connectivity index (χ3n) is 2.87. The molecule has 0 bridgehead atoms. The Bertz CT molecular complexity index is 282. The molecule has 0 aliphatic rings. The van der Waals surface area contributed by atoms with Crippen molar-refractivity contribution >= 4 is 12.0 Å². The number of carbonyl (C=O) groups is 2. The second-order valence-corrected chi connectivity index (χ2v) is 4.83. The minimum atomic E-state index is -0.915. The van der Waals surface area contributed by atoms with Gasteiger partial charge in [-0.15, -0.1) is 0 Å². The number of amides is 2. The van der Waals surface area contributed by atoms with Crippen molar-refractivity contribution in [3.05, 3.63) is 0 Å². The Morgan fingerprint density at radius 1 is 1.21 bits per heavy atom. The molecule has 2 amide bonds. The molecule has 0 fully saturated rings. The molecule has 0 rings (SSSR count). The predicted molar refractivity (Wildman–Crippen MR) is 73.1 cm³/mol. The number of carboxylic acid groups (broad SMARTS) is 1. The number of rotatable bonds is 9. The van der Waals surface area contributed by atoms with Gasteiger partial charge < -0.3 is 20.5 Å². The molecule has 3 N–H and O–H groups in total. The molecule has 6 heteroatoms. The maximum Gasteiger partial charge on any atom is 0.315 e. The van der Waals surface area contributed by atoms with E-state index in [0.717, 1.165) is 0 Å². The summed E-state index contributed by atoms with van der Waals surface area (Å²) in [6.45, 7) is 8.79. The average molecular weight is 274 g/mol. The first-order valence-electron chi connectivity index (χ1n) is 6.77. The summed E-state index contributed by atoms with van der Waals surface area (Å²) in [5.41, 5.74) is 0. The van der Waals surface area contributed by atoms with Crippen LogP contribution in [-0.4, -0.2) is 42.4 Å². The van der Waals surface area contributed by atoms with Gasteiger partial charge in [0, 0.05) is 12.6 Å². The molecule has 2 unspecified atom stereocenters. The van der Waals surface area contributed by atoms with E-state index in [9.17, 15) is 9.59 Å². The lowest BCUT2D eigenvalue weighted by Crippen LogP contribution is -2.49. The Labute approximate surface area is 114 Å². The summed E-state index contributed by atoms with van der Waals surface area (Å²) in [5.74, 6) is -0.668. The molecule has 112 valence electrons. The maximum atomic E-state index is 11.8. The Kier molecular flexibility index (Phi) is 8.95. The number of hydrogen-bond donors (Lipinski definition) is 3. The number of carbonyl (C=O) groups excluding carboxylic acids is 1. The van der Waals surface area contributed by atoms with Gasteiger partial charge in [0.05, 0.1) is 19.1 Å². The number of ether oxygens (including phenoxy) is 1. The van der Waals surface area contributed by atoms with Gasteiger partial charge in [-0.1, -0.05) is 20.8 Å². The highest BCUT2D eigenvalue weighted by atomic mass is 16.5. The molecule has 6 nitrogen and oxygen atoms in total. The normalized spacial score (nSPS) is 13.9. The molecule has 0 radical (unpaired) electrons. The Balaban J connectivity index is 4.26. The van der Waals surface area contributed by atoms with Gasteiger partial charge in [-0.25, -0.2) is 4.79 Å². The molecule has 0 heterocycles. The Hall–Kier alpha value is -1.30. The Morgan fingerprint density at radius 3 is 2.26 bits per heavy atom. The second kappa shape index (κ2) is 9.61. The zero-order valence-electron chi connectivity index (χ0n) is 12.2. The summed E-state index contributed by atoms with van der Waals surface area (Å²) < 4.78 is 5.32. The fourth-order valence-electron chi connectivity index (χ4n) is 1.55. The maximum absolute atomic E-state index is 11.8. The van der Waals surface area contributed by atoms with Crippen LogP contribution in [0.3, 0.4) is 0 Å². The highest BCUT2D eigenvalue weighted by Crippen LogP contribution is 2.03. The van der Waals surface area contributed by atoms with E-state index in [1.807, 2.05) is 27.7 Å². The van der Waals surface area contributed by atoms with Gasteiger partial charge in [-0.05, 0) is 19.3 Å². The smallest absolute Gasteiger partial charge is 0.315 e. The molecule has 0 spiro atoms. The van der Waals surface area contributed by atoms with Crippen molar-refractivity contribution in [3.8, 4) is 0 Å². The first-order chi connectivity index (χ1) is 8.90. The van der Waals surface area contributed by atoms with Gasteiger partial charge >= 0.3 is 12.0 Å². The van der Waals surface area contributed by atoms with E-state index in [0.29, 0.717) is 19.6 Å². The van der Waals surface area contributed by atoms with Crippen molar-refractivity contribution in [1.82, 2.24) is 10.6 Å². The number of carboxylic acids is 1. The lowest BCUT2D eigenvalue weighted by atomic mass is 10.1. The Morgan fingerprint density at radius 2 is 1.84 bits per heavy atom. The topological polar surface area (TPSA) is 87.7 Å². The van der Waals surface area contributed by atoms with E-state index < -0.39 is 5.97 Å². The standard InChI is InChI=1S/C13H26N2O4/c1-5-10(7-12(16)17)14-13(18)15-11(9(3)4)8-19-6-2/h9-11H,5-8H2,1-4H3,(H,16,17)(H2,14,15,18). The highest BCUT2D eigenvalue weighted by Gasteiger charge is 2.19. The van der Waals surface area contributed by atoms with Gasteiger partial charge in [0.1, 0.15) is 0 Å². The molecule has 0 saturated heterocycles. The molecular weight excluding hydrogens is 248 g/mol. The lowest BCUT2D eigenvalue weighted by Gasteiger charge is -2.24. The van der Waals surface area contributed by atoms with Crippen molar-refractivity contribution in [2.45, 2.75) is 52.6 Å². The monoisotopic (exact) mass is 274 g/mol. The van der Waals surface area contributed by atoms with Gasteiger partial charge in [0.25, 0.3) is 0 Å². The van der Waals surface area contributed by atoms with Crippen LogP contribution >= 0.6 is 0 Å². The van der Waals surface area contributed by atoms with Crippen molar-refractivity contribution in [1.29, 1.82) is 0 Å². The van der Waals surface area contributed by atoms with Crippen LogP contribution in [0.15, 0.2) is 0 Å². The van der Waals surface area contributed by atoms with Crippen LogP contribution in [0.2, 0.25) is 0 Å². The third kappa shape index (κ3) is 8.42. The van der Waals surface area contributed by atoms with Crippen LogP contribution in [-0.2, 0) is 9.53 Å². The molecule has 0 aliphatic carbocycles. The molecule has 0 aliphatic heterocycles. The SMILES string of the molecule is CCOCC(NC(=O)NC(CC)CC(=O)O)C(C)C. The van der Waals surface area contributed by atoms with Gasteiger partial charge in [0.2, 0.25) is 0 Å². The molecule has 2 atom stereocenters. The molecule has 19 heavy (non-hydrogen) atoms. The van der Waals surface area contributed by atoms with Gasteiger partial charge in [0.15, 0.2) is 0 Å². The first kappa shape index (κ1) is 17.7. The molecular formula is C13H26N2O4. The summed E-state index contributed by atoms with van der Waals surface area (Å²) in [6, 6.07) is -0.772. The first-order valence-corrected chi connectivity index (χ1v) is 6.77. The predicted octanol–water partition coefficient (Wildman–Crippen LogP) is 1.60. The summed E-state index contributed by atoms with van der Waals surface area (Å²) in [4.78, 5) is 22.4. The van der Waals surface area contributed by atoms with E-state index in [2.05, 4.69) is 10.6 Å². The van der Waals surface area contributed by atoms with Crippen LogP contribution in [0, 0.1) is 5.92 Å². The number of nitrogens with one attached hydrogen (secondary N) is 2. The van der Waals surface area contributed by atoms with Crippen molar-refractivity contribution in [2.24, 2.45) is 5.92 Å². The van der Waals surface area contributed by atoms with Crippen LogP contribution in [0.25, 0.3) is 0 Å². The molecule has 0 saturated carbocycles. The van der Waals surface area contributed by atoms with Crippen molar-refractivity contribution in [2.75, 3.05) is 13.2 Å². The van der Waals surface area contributed by atoms with Crippen LogP contribution in [0.4, 0.5) is 4.79 Å². The molecule has 0 aromatic heterocycles. The van der Waals surface area contributed by atoms with Crippen molar-refractivity contribution in [3.63, 3.8) is 0 Å². The van der Waals surface area contributed by atoms with E-state index in [1.165, 1.54) is 0 Å². The fourth-order valence-corrected chi connectivity index (χ4v) is 1.55. The zero-order valence-corrected chi connectivity index (χ0v) is 12.2. The van der Waals surface area contributed by atoms with Crippen LogP contribution in [0.1, 0.15) is 40.5 Å². The minimum Gasteiger partial charge on any atom is -0.481 e. The van der Waals surface area contributed by atoms with Gasteiger partial charge in [-0.3, -0.25) is 4.79 Å². The average Bonchev–Trinajstić information content (AvgIpc) is 2.32. The number of aliphatic carboxylic acids is 1. The zero-order chi connectivity index (χ0) is 14.8. The fraction of sp³-hybridized carbons (Fsp3) is 0.846. The van der Waals surface area contributed by atoms with E-state index >= 15 is 0 Å². The largest absolute Gasteiger partial charge is 0.481 e. The number of hydrogen-bond acceptors (Lipinski definition) is 3. The molecule has 0 aromatic carbocycles. The summed E-state index contributed by atoms with van der Waals surface area (Å²) >= 11 is 0. The number of urea groups is 1. The highest BCUT2D eigenvalue weighted by molar-refractivity contribution is 5.76. The second-order valence-electron chi connectivity index (χ2n) is 4.83. The lowest BCUT2D eigenvalue weighted by molar-refractivity contribution is -0.137. The van der Waals surface area contributed by atoms with E-state index in [1.54, 1.807) is 0 Å².